The summed E-state index contributed by atoms with van der Waals surface area (Å²) in [5.41, 5.74) is 6.09. The van der Waals surface area contributed by atoms with Gasteiger partial charge in [0.25, 0.3) is 5.91 Å². The first-order valence-electron chi connectivity index (χ1n) is 29.1. The van der Waals surface area contributed by atoms with Crippen molar-refractivity contribution in [2.24, 2.45) is 10.8 Å². The molecule has 4 aromatic rings. The average Bonchev–Trinajstić information content (AvgIpc) is 4.14. The summed E-state index contributed by atoms with van der Waals surface area (Å²) in [6.45, 7) is 17.7. The van der Waals surface area contributed by atoms with Crippen molar-refractivity contribution in [1.82, 2.24) is 47.0 Å². The Morgan fingerprint density at radius 3 is 1.73 bits per heavy atom. The number of likely N-dealkylation sites (tertiary alicyclic amines) is 1. The van der Waals surface area contributed by atoms with E-state index in [4.69, 9.17) is 4.74 Å². The van der Waals surface area contributed by atoms with Gasteiger partial charge >= 0.3 is 0 Å². The maximum Gasteiger partial charge on any atom is 0.251 e. The normalized spacial score (nSPS) is 21.1. The highest BCUT2D eigenvalue weighted by molar-refractivity contribution is 5.97. The number of aryl methyl sites for hydroxylation is 2. The molecule has 434 valence electrons. The van der Waals surface area contributed by atoms with Gasteiger partial charge in [-0.3, -0.25) is 33.6 Å². The molecule has 0 bridgehead atoms. The number of carbonyl (C=O) groups excluding carboxylic acids is 7. The molecular formula is C64H85N9O8. The van der Waals surface area contributed by atoms with Crippen LogP contribution in [-0.2, 0) is 61.2 Å². The Balaban J connectivity index is 0.957. The molecule has 17 heteroatoms. The van der Waals surface area contributed by atoms with Crippen molar-refractivity contribution < 1.29 is 38.3 Å². The van der Waals surface area contributed by atoms with E-state index in [-0.39, 0.29) is 80.1 Å². The number of nitrogens with one attached hydrogen (secondary N) is 7. The first-order chi connectivity index (χ1) is 38.5. The zero-order valence-corrected chi connectivity index (χ0v) is 49.0. The van der Waals surface area contributed by atoms with E-state index in [0.29, 0.717) is 17.9 Å². The van der Waals surface area contributed by atoms with Crippen LogP contribution < -0.4 is 42.0 Å². The van der Waals surface area contributed by atoms with E-state index >= 15 is 0 Å². The third kappa shape index (κ3) is 14.3. The van der Waals surface area contributed by atoms with Crippen molar-refractivity contribution in [3.63, 3.8) is 0 Å². The van der Waals surface area contributed by atoms with Gasteiger partial charge in [-0.25, -0.2) is 0 Å². The van der Waals surface area contributed by atoms with Crippen LogP contribution in [-0.4, -0.2) is 114 Å². The average molecular weight is 1110 g/mol. The van der Waals surface area contributed by atoms with Crippen LogP contribution in [0.4, 0.5) is 0 Å². The van der Waals surface area contributed by atoms with Gasteiger partial charge in [-0.05, 0) is 146 Å². The lowest BCUT2D eigenvalue weighted by atomic mass is 9.83. The molecule has 0 saturated carbocycles. The standard InChI is InChI=1S/C64H85N9O8/c1-11-66-39(3)57(75)71-54(63(4,5)6)61(79)72-35-45-32-47(31-30-44(45)33-52(72)59(77)68-50-24-16-20-41-18-12-14-22-48(41)50)81-37-40-26-28-43(29-27-40)58(76)67-46-34-53(60(78)69-51-25-17-21-42-19-13-15-23-49(42)51)73(36-46)62(80)55(64(7,8)9)70-56(74)38(2)65-10/h12-15,18-19,22-23,26-32,38-39,46,50-55,65-66H,11,16-17,20-21,24-25,33-37H2,1-10H3,(H,67,76)(H,68,77)(H,69,78)(H,70,74)(H,71,75)/t38-,39-,46?,50?,51+,52?,53?,54?,55+/m0/s1. The summed E-state index contributed by atoms with van der Waals surface area (Å²) in [5.74, 6) is -1.74. The summed E-state index contributed by atoms with van der Waals surface area (Å²) < 4.78 is 6.35. The Morgan fingerprint density at radius 2 is 1.17 bits per heavy atom. The second kappa shape index (κ2) is 25.8. The minimum atomic E-state index is -0.948. The molecule has 8 rings (SSSR count). The fraction of sp³-hybridized carbons (Fsp3) is 0.516. The number of carbonyl (C=O) groups is 7. The zero-order valence-electron chi connectivity index (χ0n) is 49.0. The van der Waals surface area contributed by atoms with Crippen LogP contribution in [0.5, 0.6) is 5.75 Å². The Kier molecular flexibility index (Phi) is 19.1. The molecule has 5 unspecified atom stereocenters. The number of likely N-dealkylation sites (N-methyl/N-ethyl adjacent to an activating group) is 2. The van der Waals surface area contributed by atoms with Crippen molar-refractivity contribution in [2.45, 2.75) is 181 Å². The predicted molar refractivity (Wildman–Crippen MR) is 312 cm³/mol. The fourth-order valence-electron chi connectivity index (χ4n) is 11.8. The number of benzene rings is 4. The van der Waals surface area contributed by atoms with Crippen LogP contribution in [0.1, 0.15) is 156 Å². The maximum absolute atomic E-state index is 14.9. The lowest BCUT2D eigenvalue weighted by molar-refractivity contribution is -0.147. The summed E-state index contributed by atoms with van der Waals surface area (Å²) >= 11 is 0. The van der Waals surface area contributed by atoms with Gasteiger partial charge in [0, 0.05) is 31.1 Å². The van der Waals surface area contributed by atoms with E-state index in [9.17, 15) is 33.6 Å². The highest BCUT2D eigenvalue weighted by Gasteiger charge is 2.47. The molecule has 17 nitrogen and oxygen atoms in total. The molecule has 1 saturated heterocycles. The molecular weight excluding hydrogens is 1020 g/mol. The Labute approximate surface area is 478 Å². The second-order valence-electron chi connectivity index (χ2n) is 24.7. The fourth-order valence-corrected chi connectivity index (χ4v) is 11.8. The monoisotopic (exact) mass is 1110 g/mol. The van der Waals surface area contributed by atoms with Gasteiger partial charge in [0.1, 0.15) is 36.5 Å². The molecule has 2 aliphatic carbocycles. The largest absolute Gasteiger partial charge is 0.489 e. The van der Waals surface area contributed by atoms with Gasteiger partial charge in [0.05, 0.1) is 24.2 Å². The number of amides is 7. The lowest BCUT2D eigenvalue weighted by Gasteiger charge is -2.42. The number of nitrogens with zero attached hydrogens (tertiary/aromatic N) is 2. The maximum atomic E-state index is 14.9. The van der Waals surface area contributed by atoms with Gasteiger partial charge in [-0.2, -0.15) is 0 Å². The lowest BCUT2D eigenvalue weighted by Crippen LogP contribution is -2.62. The number of hydrogen-bond donors (Lipinski definition) is 7. The van der Waals surface area contributed by atoms with E-state index in [0.717, 1.165) is 66.3 Å². The SMILES string of the molecule is CCN[C@@H](C)C(=O)NC(C(=O)N1Cc2cc(OCc3ccc(C(=O)NC4CC(C(=O)N[C@@H]5CCCc6ccccc65)N(C(=O)[C@@H](NC(=O)[C@H](C)NC)C(C)(C)C)C4)cc3)ccc2CC1C(=O)NC1CCCc2ccccc21)C(C)(C)C. The summed E-state index contributed by atoms with van der Waals surface area (Å²) in [6, 6.07) is 23.4. The van der Waals surface area contributed by atoms with Gasteiger partial charge < -0.3 is 51.8 Å². The molecule has 0 radical (unpaired) electrons. The molecule has 2 heterocycles. The van der Waals surface area contributed by atoms with Crippen LogP contribution in [0, 0.1) is 10.8 Å². The van der Waals surface area contributed by atoms with Crippen LogP contribution in [0.15, 0.2) is 91.0 Å². The highest BCUT2D eigenvalue weighted by atomic mass is 16.5. The van der Waals surface area contributed by atoms with Crippen LogP contribution in [0.25, 0.3) is 0 Å². The highest BCUT2D eigenvalue weighted by Crippen LogP contribution is 2.35. The van der Waals surface area contributed by atoms with E-state index in [1.807, 2.05) is 109 Å². The molecule has 1 fully saturated rings. The van der Waals surface area contributed by atoms with E-state index in [1.165, 1.54) is 16.0 Å². The molecule has 0 aromatic heterocycles. The Hall–Kier alpha value is -7.11. The smallest absolute Gasteiger partial charge is 0.251 e. The van der Waals surface area contributed by atoms with E-state index in [2.05, 4.69) is 55.4 Å². The minimum absolute atomic E-state index is 0.0691. The molecule has 7 N–H and O–H groups in total. The van der Waals surface area contributed by atoms with Gasteiger partial charge in [-0.1, -0.05) is 115 Å². The number of ether oxygens (including phenoxy) is 1. The van der Waals surface area contributed by atoms with E-state index < -0.39 is 59.0 Å². The first-order valence-corrected chi connectivity index (χ1v) is 29.1. The summed E-state index contributed by atoms with van der Waals surface area (Å²) in [5, 5.41) is 21.7. The topological polar surface area (TPSA) is 219 Å². The Bertz CT molecular complexity index is 2950. The molecule has 81 heavy (non-hydrogen) atoms. The molecule has 4 aliphatic rings. The van der Waals surface area contributed by atoms with Crippen molar-refractivity contribution in [1.29, 1.82) is 0 Å². The first kappa shape index (κ1) is 60.0. The third-order valence-corrected chi connectivity index (χ3v) is 16.6. The summed E-state index contributed by atoms with van der Waals surface area (Å²) in [6.07, 6.45) is 5.73. The van der Waals surface area contributed by atoms with Crippen molar-refractivity contribution in [2.75, 3.05) is 20.1 Å². The Morgan fingerprint density at radius 1 is 0.630 bits per heavy atom. The third-order valence-electron chi connectivity index (χ3n) is 16.6. The van der Waals surface area contributed by atoms with Gasteiger partial charge in [0.15, 0.2) is 0 Å². The van der Waals surface area contributed by atoms with Crippen molar-refractivity contribution in [3.05, 3.63) is 136 Å². The van der Waals surface area contributed by atoms with Gasteiger partial charge in [0.2, 0.25) is 35.4 Å². The van der Waals surface area contributed by atoms with Crippen LogP contribution >= 0.6 is 0 Å². The number of fused-ring (bicyclic) bond motifs is 3. The van der Waals surface area contributed by atoms with Crippen LogP contribution in [0.3, 0.4) is 0 Å². The van der Waals surface area contributed by atoms with Gasteiger partial charge in [-0.15, -0.1) is 0 Å². The number of hydrogen-bond acceptors (Lipinski definition) is 10. The second-order valence-corrected chi connectivity index (χ2v) is 24.7. The molecule has 9 atom stereocenters. The van der Waals surface area contributed by atoms with Crippen molar-refractivity contribution >= 4 is 41.4 Å². The molecule has 2 aliphatic heterocycles. The molecule has 4 aromatic carbocycles. The van der Waals surface area contributed by atoms with Crippen molar-refractivity contribution in [3.8, 4) is 5.75 Å². The zero-order chi connectivity index (χ0) is 58.3. The summed E-state index contributed by atoms with van der Waals surface area (Å²) in [4.78, 5) is 102. The minimum Gasteiger partial charge on any atom is -0.489 e. The quantitative estimate of drug-likeness (QED) is 0.0592. The molecule has 0 spiro atoms. The predicted octanol–water partition coefficient (Wildman–Crippen LogP) is 6.27. The van der Waals surface area contributed by atoms with Crippen LogP contribution in [0.2, 0.25) is 0 Å². The summed E-state index contributed by atoms with van der Waals surface area (Å²) in [7, 11) is 1.67. The van der Waals surface area contributed by atoms with E-state index in [1.54, 1.807) is 37.9 Å². The number of rotatable bonds is 18. The molecule has 7 amide bonds.